The second-order valence-corrected chi connectivity index (χ2v) is 4.09. The van der Waals surface area contributed by atoms with Gasteiger partial charge in [-0.05, 0) is 18.9 Å². The molecule has 4 heteroatoms. The number of aliphatic hydroxyl groups is 1. The summed E-state index contributed by atoms with van der Waals surface area (Å²) in [6.45, 7) is 5.47. The van der Waals surface area contributed by atoms with Crippen molar-refractivity contribution in [1.29, 1.82) is 0 Å². The minimum atomic E-state index is -0.647. The molecular weight excluding hydrogens is 230 g/mol. The minimum Gasteiger partial charge on any atom is -0.445 e. The average molecular weight is 249 g/mol. The number of aliphatic hydroxyl groups excluding tert-OH is 1. The third-order valence-corrected chi connectivity index (χ3v) is 2.54. The second kappa shape index (κ2) is 7.50. The molecule has 0 saturated heterocycles. The van der Waals surface area contributed by atoms with Gasteiger partial charge in [0.15, 0.2) is 0 Å². The van der Waals surface area contributed by atoms with E-state index in [9.17, 15) is 9.90 Å². The van der Waals surface area contributed by atoms with Crippen molar-refractivity contribution in [2.45, 2.75) is 32.1 Å². The van der Waals surface area contributed by atoms with Gasteiger partial charge in [0.1, 0.15) is 6.61 Å². The number of ether oxygens (including phenoxy) is 1. The van der Waals surface area contributed by atoms with Gasteiger partial charge in [0.05, 0.1) is 12.1 Å². The number of rotatable bonds is 6. The average Bonchev–Trinajstić information content (AvgIpc) is 2.38. The fourth-order valence-electron chi connectivity index (χ4n) is 1.42. The summed E-state index contributed by atoms with van der Waals surface area (Å²) in [6, 6.07) is 9.05. The third kappa shape index (κ3) is 5.01. The number of nitrogens with one attached hydrogen (secondary N) is 1. The number of amides is 1. The van der Waals surface area contributed by atoms with Gasteiger partial charge in [-0.25, -0.2) is 4.79 Å². The predicted molar refractivity (Wildman–Crippen MR) is 70.0 cm³/mol. The molecule has 18 heavy (non-hydrogen) atoms. The molecule has 0 aliphatic rings. The van der Waals surface area contributed by atoms with Crippen LogP contribution in [0.25, 0.3) is 0 Å². The van der Waals surface area contributed by atoms with Crippen molar-refractivity contribution in [2.24, 2.45) is 0 Å². The normalized spacial score (nSPS) is 13.4. The maximum atomic E-state index is 11.5. The molecule has 1 unspecified atom stereocenters. The molecule has 2 N–H and O–H groups in total. The van der Waals surface area contributed by atoms with E-state index in [1.807, 2.05) is 30.3 Å². The molecule has 0 heterocycles. The van der Waals surface area contributed by atoms with Gasteiger partial charge in [0.2, 0.25) is 0 Å². The smallest absolute Gasteiger partial charge is 0.407 e. The summed E-state index contributed by atoms with van der Waals surface area (Å²) in [6.07, 6.45) is 0.861. The van der Waals surface area contributed by atoms with Crippen molar-refractivity contribution in [3.63, 3.8) is 0 Å². The lowest BCUT2D eigenvalue weighted by Gasteiger charge is -2.18. The zero-order chi connectivity index (χ0) is 13.4. The Morgan fingerprint density at radius 3 is 2.78 bits per heavy atom. The van der Waals surface area contributed by atoms with E-state index in [-0.39, 0.29) is 12.6 Å². The first-order valence-corrected chi connectivity index (χ1v) is 5.89. The van der Waals surface area contributed by atoms with Crippen LogP contribution in [0.5, 0.6) is 0 Å². The fraction of sp³-hybridized carbons (Fsp3) is 0.357. The van der Waals surface area contributed by atoms with Crippen LogP contribution < -0.4 is 5.32 Å². The molecule has 0 bridgehead atoms. The van der Waals surface area contributed by atoms with Gasteiger partial charge >= 0.3 is 6.09 Å². The number of carbonyl (C=O) groups excluding carboxylic acids is 1. The molecule has 0 radical (unpaired) electrons. The van der Waals surface area contributed by atoms with E-state index in [1.165, 1.54) is 0 Å². The van der Waals surface area contributed by atoms with Crippen LogP contribution in [0.3, 0.4) is 0 Å². The molecule has 1 aromatic carbocycles. The molecular formula is C14H19NO3. The van der Waals surface area contributed by atoms with Crippen molar-refractivity contribution >= 4 is 6.09 Å². The SMILES string of the molecule is C=CCC(O)[C@H](C)NC(=O)OCc1ccccc1. The summed E-state index contributed by atoms with van der Waals surface area (Å²) < 4.78 is 5.04. The van der Waals surface area contributed by atoms with E-state index in [4.69, 9.17) is 4.74 Å². The van der Waals surface area contributed by atoms with Crippen molar-refractivity contribution in [3.05, 3.63) is 48.6 Å². The first kappa shape index (κ1) is 14.3. The Balaban J connectivity index is 2.31. The van der Waals surface area contributed by atoms with Gasteiger partial charge in [0.25, 0.3) is 0 Å². The minimum absolute atomic E-state index is 0.219. The van der Waals surface area contributed by atoms with Gasteiger partial charge in [-0.1, -0.05) is 36.4 Å². The van der Waals surface area contributed by atoms with Gasteiger partial charge < -0.3 is 15.2 Å². The van der Waals surface area contributed by atoms with Gasteiger partial charge in [-0.2, -0.15) is 0 Å². The van der Waals surface area contributed by atoms with Crippen molar-refractivity contribution < 1.29 is 14.6 Å². The molecule has 0 spiro atoms. The van der Waals surface area contributed by atoms with Crippen molar-refractivity contribution in [2.75, 3.05) is 0 Å². The molecule has 0 aromatic heterocycles. The van der Waals surface area contributed by atoms with Crippen molar-refractivity contribution in [1.82, 2.24) is 5.32 Å². The number of alkyl carbamates (subject to hydrolysis) is 1. The summed E-state index contributed by atoms with van der Waals surface area (Å²) in [5, 5.41) is 12.2. The van der Waals surface area contributed by atoms with E-state index >= 15 is 0 Å². The molecule has 98 valence electrons. The Hall–Kier alpha value is -1.81. The Morgan fingerprint density at radius 2 is 2.17 bits per heavy atom. The first-order valence-electron chi connectivity index (χ1n) is 5.89. The molecule has 1 amide bonds. The fourth-order valence-corrected chi connectivity index (χ4v) is 1.42. The molecule has 4 nitrogen and oxygen atoms in total. The summed E-state index contributed by atoms with van der Waals surface area (Å²) in [5.41, 5.74) is 0.923. The van der Waals surface area contributed by atoms with Gasteiger partial charge in [-0.3, -0.25) is 0 Å². The first-order chi connectivity index (χ1) is 8.63. The standard InChI is InChI=1S/C14H19NO3/c1-3-7-13(16)11(2)15-14(17)18-10-12-8-5-4-6-9-12/h3-6,8-9,11,13,16H,1,7,10H2,2H3,(H,15,17)/t11-,13?/m0/s1. The van der Waals surface area contributed by atoms with Crippen LogP contribution in [-0.4, -0.2) is 23.3 Å². The van der Waals surface area contributed by atoms with Crippen LogP contribution in [-0.2, 0) is 11.3 Å². The number of hydrogen-bond acceptors (Lipinski definition) is 3. The lowest BCUT2D eigenvalue weighted by Crippen LogP contribution is -2.41. The summed E-state index contributed by atoms with van der Waals surface area (Å²) >= 11 is 0. The van der Waals surface area contributed by atoms with Crippen LogP contribution in [0, 0.1) is 0 Å². The highest BCUT2D eigenvalue weighted by molar-refractivity contribution is 5.67. The van der Waals surface area contributed by atoms with Gasteiger partial charge in [0, 0.05) is 0 Å². The summed E-state index contributed by atoms with van der Waals surface area (Å²) in [4.78, 5) is 11.5. The Labute approximate surface area is 107 Å². The molecule has 1 aromatic rings. The molecule has 0 saturated carbocycles. The molecule has 1 rings (SSSR count). The van der Waals surface area contributed by atoms with Crippen LogP contribution in [0.4, 0.5) is 4.79 Å². The second-order valence-electron chi connectivity index (χ2n) is 4.09. The van der Waals surface area contributed by atoms with E-state index in [0.29, 0.717) is 6.42 Å². The van der Waals surface area contributed by atoms with Crippen LogP contribution in [0.2, 0.25) is 0 Å². The quantitative estimate of drug-likeness (QED) is 0.760. The number of carbonyl (C=O) groups is 1. The van der Waals surface area contributed by atoms with Crippen LogP contribution in [0.15, 0.2) is 43.0 Å². The lowest BCUT2D eigenvalue weighted by atomic mass is 10.1. The summed E-state index contributed by atoms with van der Waals surface area (Å²) in [5.74, 6) is 0. The van der Waals surface area contributed by atoms with Crippen LogP contribution in [0.1, 0.15) is 18.9 Å². The third-order valence-electron chi connectivity index (χ3n) is 2.54. The molecule has 0 aliphatic heterocycles. The summed E-state index contributed by atoms with van der Waals surface area (Å²) in [7, 11) is 0. The highest BCUT2D eigenvalue weighted by Gasteiger charge is 2.15. The molecule has 2 atom stereocenters. The largest absolute Gasteiger partial charge is 0.445 e. The van der Waals surface area contributed by atoms with E-state index in [1.54, 1.807) is 13.0 Å². The highest BCUT2D eigenvalue weighted by atomic mass is 16.5. The Kier molecular flexibility index (Phi) is 5.94. The molecule has 0 fully saturated rings. The van der Waals surface area contributed by atoms with E-state index < -0.39 is 12.2 Å². The van der Waals surface area contributed by atoms with E-state index in [2.05, 4.69) is 11.9 Å². The van der Waals surface area contributed by atoms with Crippen molar-refractivity contribution in [3.8, 4) is 0 Å². The lowest BCUT2D eigenvalue weighted by molar-refractivity contribution is 0.107. The zero-order valence-electron chi connectivity index (χ0n) is 10.5. The Morgan fingerprint density at radius 1 is 1.50 bits per heavy atom. The highest BCUT2D eigenvalue weighted by Crippen LogP contribution is 2.02. The van der Waals surface area contributed by atoms with Crippen LogP contribution >= 0.6 is 0 Å². The number of benzene rings is 1. The Bertz CT molecular complexity index is 378. The topological polar surface area (TPSA) is 58.6 Å². The van der Waals surface area contributed by atoms with E-state index in [0.717, 1.165) is 5.56 Å². The maximum Gasteiger partial charge on any atom is 0.407 e. The number of hydrogen-bond donors (Lipinski definition) is 2. The predicted octanol–water partition coefficient (Wildman–Crippen LogP) is 2.24. The van der Waals surface area contributed by atoms with Gasteiger partial charge in [-0.15, -0.1) is 6.58 Å². The zero-order valence-corrected chi connectivity index (χ0v) is 10.5. The molecule has 0 aliphatic carbocycles. The monoisotopic (exact) mass is 249 g/mol. The maximum absolute atomic E-state index is 11.5.